The summed E-state index contributed by atoms with van der Waals surface area (Å²) in [6, 6.07) is 25.3. The van der Waals surface area contributed by atoms with Crippen LogP contribution in [-0.4, -0.2) is 35.1 Å². The van der Waals surface area contributed by atoms with E-state index in [2.05, 4.69) is 63.2 Å². The van der Waals surface area contributed by atoms with Crippen LogP contribution in [0.1, 0.15) is 30.5 Å². The molecule has 190 valence electrons. The van der Waals surface area contributed by atoms with Gasteiger partial charge in [-0.15, -0.1) is 11.8 Å². The zero-order chi connectivity index (χ0) is 25.9. The van der Waals surface area contributed by atoms with Crippen molar-refractivity contribution >= 4 is 55.4 Å². The Balaban J connectivity index is 1.83. The summed E-state index contributed by atoms with van der Waals surface area (Å²) in [5, 5.41) is 3.07. The second-order valence-electron chi connectivity index (χ2n) is 9.12. The molecule has 0 spiro atoms. The number of halogens is 2. The highest BCUT2D eigenvalue weighted by molar-refractivity contribution is 9.10. The fourth-order valence-electron chi connectivity index (χ4n) is 3.73. The Hall–Kier alpha value is -2.09. The summed E-state index contributed by atoms with van der Waals surface area (Å²) in [6.45, 7) is 5.07. The molecule has 0 aromatic heterocycles. The third kappa shape index (κ3) is 9.41. The molecule has 0 radical (unpaired) electrons. The Kier molecular flexibility index (Phi) is 11.5. The second kappa shape index (κ2) is 14.6. The lowest BCUT2D eigenvalue weighted by molar-refractivity contribution is -0.139. The first-order chi connectivity index (χ1) is 17.3. The Morgan fingerprint density at radius 1 is 0.861 bits per heavy atom. The summed E-state index contributed by atoms with van der Waals surface area (Å²) in [4.78, 5) is 28.9. The van der Waals surface area contributed by atoms with E-state index in [0.717, 1.165) is 31.4 Å². The van der Waals surface area contributed by atoms with Crippen LogP contribution in [0, 0.1) is 5.92 Å². The summed E-state index contributed by atoms with van der Waals surface area (Å²) in [6.07, 6.45) is 0.460. The molecule has 0 bridgehead atoms. The molecule has 3 aromatic rings. The molecule has 0 aliphatic rings. The van der Waals surface area contributed by atoms with Crippen molar-refractivity contribution in [1.82, 2.24) is 10.2 Å². The Morgan fingerprint density at radius 2 is 1.56 bits per heavy atom. The third-order valence-corrected chi connectivity index (χ3v) is 7.62. The third-order valence-electron chi connectivity index (χ3n) is 5.61. The predicted octanol–water partition coefficient (Wildman–Crippen LogP) is 6.86. The molecule has 0 saturated carbocycles. The van der Waals surface area contributed by atoms with Gasteiger partial charge in [-0.2, -0.15) is 0 Å². The van der Waals surface area contributed by atoms with Crippen LogP contribution >= 0.6 is 43.6 Å². The first-order valence-corrected chi connectivity index (χ1v) is 14.7. The van der Waals surface area contributed by atoms with E-state index in [1.165, 1.54) is 0 Å². The van der Waals surface area contributed by atoms with Gasteiger partial charge in [-0.3, -0.25) is 9.59 Å². The first-order valence-electron chi connectivity index (χ1n) is 12.0. The summed E-state index contributed by atoms with van der Waals surface area (Å²) < 4.78 is 1.98. The van der Waals surface area contributed by atoms with Gasteiger partial charge >= 0.3 is 0 Å². The number of carbonyl (C=O) groups is 2. The normalized spacial score (nSPS) is 11.8. The van der Waals surface area contributed by atoms with Crippen LogP contribution in [0.5, 0.6) is 0 Å². The lowest BCUT2D eigenvalue weighted by Gasteiger charge is -2.32. The van der Waals surface area contributed by atoms with E-state index in [9.17, 15) is 9.59 Å². The highest BCUT2D eigenvalue weighted by atomic mass is 79.9. The summed E-state index contributed by atoms with van der Waals surface area (Å²) in [7, 11) is 0. The lowest BCUT2D eigenvalue weighted by Crippen LogP contribution is -2.51. The smallest absolute Gasteiger partial charge is 0.243 e. The largest absolute Gasteiger partial charge is 0.354 e. The number of carbonyl (C=O) groups excluding carboxylic acids is 2. The first kappa shape index (κ1) is 28.5. The van der Waals surface area contributed by atoms with Crippen molar-refractivity contribution in [3.63, 3.8) is 0 Å². The van der Waals surface area contributed by atoms with Crippen LogP contribution < -0.4 is 5.32 Å². The maximum Gasteiger partial charge on any atom is 0.243 e. The van der Waals surface area contributed by atoms with Crippen LogP contribution in [0.25, 0.3) is 0 Å². The molecule has 3 aromatic carbocycles. The molecule has 2 amide bonds. The molecular formula is C29H32Br2N2O2S. The quantitative estimate of drug-likeness (QED) is 0.238. The number of nitrogens with one attached hydrogen (secondary N) is 1. The van der Waals surface area contributed by atoms with Crippen LogP contribution in [0.2, 0.25) is 0 Å². The fraction of sp³-hybridized carbons (Fsp3) is 0.310. The van der Waals surface area contributed by atoms with Crippen molar-refractivity contribution in [3.05, 3.63) is 104 Å². The molecule has 0 unspecified atom stereocenters. The van der Waals surface area contributed by atoms with Crippen LogP contribution in [-0.2, 0) is 28.3 Å². The molecule has 0 aliphatic carbocycles. The molecule has 0 heterocycles. The number of thioether (sulfide) groups is 1. The van der Waals surface area contributed by atoms with E-state index in [1.807, 2.05) is 66.7 Å². The molecule has 1 N–H and O–H groups in total. The van der Waals surface area contributed by atoms with Crippen molar-refractivity contribution < 1.29 is 9.59 Å². The van der Waals surface area contributed by atoms with Crippen LogP contribution in [0.3, 0.4) is 0 Å². The summed E-state index contributed by atoms with van der Waals surface area (Å²) in [5.41, 5.74) is 3.16. The summed E-state index contributed by atoms with van der Waals surface area (Å²) >= 11 is 8.56. The molecule has 7 heteroatoms. The average Bonchev–Trinajstić information content (AvgIpc) is 2.86. The highest BCUT2D eigenvalue weighted by Gasteiger charge is 2.30. The van der Waals surface area contributed by atoms with E-state index in [4.69, 9.17) is 0 Å². The molecule has 0 aliphatic heterocycles. The van der Waals surface area contributed by atoms with E-state index in [0.29, 0.717) is 31.2 Å². The number of nitrogens with zero attached hydrogens (tertiary/aromatic N) is 1. The van der Waals surface area contributed by atoms with Gasteiger partial charge in [-0.25, -0.2) is 0 Å². The van der Waals surface area contributed by atoms with E-state index < -0.39 is 6.04 Å². The standard InChI is InChI=1S/C29H32Br2N2O2S/c1-21(2)17-32-29(35)27(16-22-7-4-3-5-8-22)33(18-24-9-6-10-26(31)15-24)28(34)20-36-19-23-11-13-25(30)14-12-23/h3-15,21,27H,16-20H2,1-2H3,(H,32,35)/t27-/m1/s1. The molecule has 0 saturated heterocycles. The monoisotopic (exact) mass is 630 g/mol. The van der Waals surface area contributed by atoms with Gasteiger partial charge in [0.05, 0.1) is 5.75 Å². The molecular weight excluding hydrogens is 600 g/mol. The van der Waals surface area contributed by atoms with Crippen LogP contribution in [0.15, 0.2) is 87.8 Å². The van der Waals surface area contributed by atoms with Crippen LogP contribution in [0.4, 0.5) is 0 Å². The maximum atomic E-state index is 13.7. The summed E-state index contributed by atoms with van der Waals surface area (Å²) in [5.74, 6) is 1.19. The Bertz CT molecular complexity index is 1120. The lowest BCUT2D eigenvalue weighted by atomic mass is 10.0. The Labute approximate surface area is 235 Å². The zero-order valence-electron chi connectivity index (χ0n) is 20.6. The number of benzene rings is 3. The van der Waals surface area contributed by atoms with Gasteiger partial charge in [0.1, 0.15) is 6.04 Å². The van der Waals surface area contributed by atoms with Gasteiger partial charge < -0.3 is 10.2 Å². The minimum Gasteiger partial charge on any atom is -0.354 e. The molecule has 0 fully saturated rings. The molecule has 4 nitrogen and oxygen atoms in total. The van der Waals surface area contributed by atoms with Gasteiger partial charge in [-0.05, 0) is 46.9 Å². The minimum atomic E-state index is -0.606. The van der Waals surface area contributed by atoms with Crippen molar-refractivity contribution in [2.24, 2.45) is 5.92 Å². The number of rotatable bonds is 12. The molecule has 36 heavy (non-hydrogen) atoms. The van der Waals surface area contributed by atoms with Crippen molar-refractivity contribution in [3.8, 4) is 0 Å². The fourth-order valence-corrected chi connectivity index (χ4v) is 5.31. The van der Waals surface area contributed by atoms with Gasteiger partial charge in [0.15, 0.2) is 0 Å². The van der Waals surface area contributed by atoms with Crippen molar-refractivity contribution in [2.75, 3.05) is 12.3 Å². The van der Waals surface area contributed by atoms with Gasteiger partial charge in [0.2, 0.25) is 11.8 Å². The minimum absolute atomic E-state index is 0.0438. The zero-order valence-corrected chi connectivity index (χ0v) is 24.6. The van der Waals surface area contributed by atoms with Gasteiger partial charge in [0, 0.05) is 34.2 Å². The van der Waals surface area contributed by atoms with Crippen molar-refractivity contribution in [2.45, 2.75) is 38.6 Å². The van der Waals surface area contributed by atoms with Gasteiger partial charge in [-0.1, -0.05) is 100 Å². The van der Waals surface area contributed by atoms with Crippen molar-refractivity contribution in [1.29, 1.82) is 0 Å². The van der Waals surface area contributed by atoms with Gasteiger partial charge in [0.25, 0.3) is 0 Å². The predicted molar refractivity (Wildman–Crippen MR) is 157 cm³/mol. The number of hydrogen-bond donors (Lipinski definition) is 1. The second-order valence-corrected chi connectivity index (χ2v) is 11.9. The highest BCUT2D eigenvalue weighted by Crippen LogP contribution is 2.21. The number of amides is 2. The average molecular weight is 632 g/mol. The topological polar surface area (TPSA) is 49.4 Å². The van der Waals surface area contributed by atoms with E-state index in [1.54, 1.807) is 16.7 Å². The van der Waals surface area contributed by atoms with E-state index in [-0.39, 0.29) is 11.8 Å². The Morgan fingerprint density at radius 3 is 2.22 bits per heavy atom. The molecule has 1 atom stereocenters. The molecule has 3 rings (SSSR count). The van der Waals surface area contributed by atoms with E-state index >= 15 is 0 Å². The number of hydrogen-bond acceptors (Lipinski definition) is 3. The maximum absolute atomic E-state index is 13.7. The SMILES string of the molecule is CC(C)CNC(=O)[C@@H](Cc1ccccc1)N(Cc1cccc(Br)c1)C(=O)CSCc1ccc(Br)cc1.